The van der Waals surface area contributed by atoms with Crippen molar-refractivity contribution in [3.05, 3.63) is 76.5 Å². The first kappa shape index (κ1) is 18.3. The van der Waals surface area contributed by atoms with E-state index in [9.17, 15) is 14.7 Å². The Labute approximate surface area is 155 Å². The molecule has 2 aromatic carbocycles. The molecule has 1 N–H and O–H groups in total. The van der Waals surface area contributed by atoms with Crippen molar-refractivity contribution < 1.29 is 19.1 Å². The van der Waals surface area contributed by atoms with Crippen LogP contribution in [0.1, 0.15) is 5.56 Å². The molecule has 0 bridgehead atoms. The van der Waals surface area contributed by atoms with Gasteiger partial charge in [-0.25, -0.2) is 4.79 Å². The summed E-state index contributed by atoms with van der Waals surface area (Å²) in [4.78, 5) is 25.3. The molecular formula is C21H19NO5. The fraction of sp³-hybridized carbons (Fsp3) is 0.143. The average Bonchev–Trinajstić information content (AvgIpc) is 2.65. The summed E-state index contributed by atoms with van der Waals surface area (Å²) < 4.78 is 10.8. The Morgan fingerprint density at radius 2 is 1.85 bits per heavy atom. The number of nitrogens with zero attached hydrogens (tertiary/aromatic N) is 1. The van der Waals surface area contributed by atoms with Gasteiger partial charge in [-0.15, -0.1) is 0 Å². The predicted octanol–water partition coefficient (Wildman–Crippen LogP) is 3.63. The number of aryl methyl sites for hydroxylation is 1. The van der Waals surface area contributed by atoms with Crippen LogP contribution in [0.5, 0.6) is 5.75 Å². The third-order valence-electron chi connectivity index (χ3n) is 4.11. The molecule has 0 saturated carbocycles. The van der Waals surface area contributed by atoms with Gasteiger partial charge >= 0.3 is 5.63 Å². The average molecular weight is 365 g/mol. The Morgan fingerprint density at radius 1 is 1.11 bits per heavy atom. The van der Waals surface area contributed by atoms with Crippen LogP contribution in [-0.2, 0) is 4.79 Å². The van der Waals surface area contributed by atoms with Crippen molar-refractivity contribution in [1.82, 2.24) is 4.90 Å². The molecule has 0 aliphatic rings. The summed E-state index contributed by atoms with van der Waals surface area (Å²) in [6.45, 7) is 1.97. The van der Waals surface area contributed by atoms with E-state index in [4.69, 9.17) is 9.15 Å². The number of hydrogen-bond donors (Lipinski definition) is 1. The van der Waals surface area contributed by atoms with Gasteiger partial charge in [0.05, 0.1) is 0 Å². The summed E-state index contributed by atoms with van der Waals surface area (Å²) in [6.07, 6.45) is 0.604. The third-order valence-corrected chi connectivity index (χ3v) is 4.11. The minimum atomic E-state index is -0.493. The summed E-state index contributed by atoms with van der Waals surface area (Å²) in [5.41, 5.74) is 2.57. The van der Waals surface area contributed by atoms with Crippen LogP contribution >= 0.6 is 0 Å². The summed E-state index contributed by atoms with van der Waals surface area (Å²) in [5, 5.41) is 10.0. The van der Waals surface area contributed by atoms with Crippen LogP contribution in [0.3, 0.4) is 0 Å². The van der Waals surface area contributed by atoms with Crippen molar-refractivity contribution in [3.8, 4) is 16.9 Å². The number of aliphatic hydroxyl groups excluding tert-OH is 1. The highest BCUT2D eigenvalue weighted by Gasteiger charge is 2.16. The number of amides is 1. The van der Waals surface area contributed by atoms with E-state index in [0.717, 1.165) is 22.1 Å². The van der Waals surface area contributed by atoms with Crippen molar-refractivity contribution in [2.45, 2.75) is 6.92 Å². The Kier molecular flexibility index (Phi) is 4.98. The predicted molar refractivity (Wildman–Crippen MR) is 103 cm³/mol. The summed E-state index contributed by atoms with van der Waals surface area (Å²) in [7, 11) is 3.09. The van der Waals surface area contributed by atoms with Gasteiger partial charge in [0.1, 0.15) is 17.6 Å². The maximum atomic E-state index is 12.1. The van der Waals surface area contributed by atoms with E-state index in [1.54, 1.807) is 26.2 Å². The molecule has 0 atom stereocenters. The van der Waals surface area contributed by atoms with E-state index >= 15 is 0 Å². The van der Waals surface area contributed by atoms with E-state index in [2.05, 4.69) is 0 Å². The van der Waals surface area contributed by atoms with Crippen LogP contribution in [0.4, 0.5) is 0 Å². The molecule has 3 aromatic rings. The third kappa shape index (κ3) is 3.69. The maximum absolute atomic E-state index is 12.1. The molecule has 0 aliphatic heterocycles. The number of rotatable bonds is 4. The zero-order chi connectivity index (χ0) is 19.6. The van der Waals surface area contributed by atoms with Crippen molar-refractivity contribution in [1.29, 1.82) is 0 Å². The molecule has 0 radical (unpaired) electrons. The highest BCUT2D eigenvalue weighted by Crippen LogP contribution is 2.31. The van der Waals surface area contributed by atoms with E-state index in [-0.39, 0.29) is 11.5 Å². The van der Waals surface area contributed by atoms with Gasteiger partial charge in [-0.1, -0.05) is 24.3 Å². The number of carbonyl (C=O) groups is 1. The standard InChI is InChI=1S/C21H19NO5/c1-13-6-4-5-7-15(13)17-11-20(24)27-18-10-14(8-9-16(17)18)26-19(12-23)21(25)22(2)3/h4-12,23H,1-3H3. The van der Waals surface area contributed by atoms with E-state index in [1.807, 2.05) is 31.2 Å². The summed E-state index contributed by atoms with van der Waals surface area (Å²) in [5.74, 6) is -0.465. The number of aliphatic hydroxyl groups is 1. The normalized spacial score (nSPS) is 11.4. The SMILES string of the molecule is Cc1ccccc1-c1cc(=O)oc2cc(OC(=CO)C(=O)N(C)C)ccc12. The first-order valence-corrected chi connectivity index (χ1v) is 8.28. The Bertz CT molecular complexity index is 1100. The van der Waals surface area contributed by atoms with Crippen LogP contribution in [0.25, 0.3) is 22.1 Å². The van der Waals surface area contributed by atoms with Gasteiger partial charge < -0.3 is 19.2 Å². The lowest BCUT2D eigenvalue weighted by Gasteiger charge is -2.14. The maximum Gasteiger partial charge on any atom is 0.336 e. The van der Waals surface area contributed by atoms with Gasteiger partial charge in [-0.2, -0.15) is 0 Å². The van der Waals surface area contributed by atoms with Crippen LogP contribution in [-0.4, -0.2) is 30.0 Å². The first-order chi connectivity index (χ1) is 12.9. The van der Waals surface area contributed by atoms with Crippen LogP contribution < -0.4 is 10.4 Å². The smallest absolute Gasteiger partial charge is 0.336 e. The molecule has 1 amide bonds. The molecule has 1 aromatic heterocycles. The molecule has 0 spiro atoms. The minimum Gasteiger partial charge on any atom is -0.511 e. The van der Waals surface area contributed by atoms with Gasteiger partial charge in [0, 0.05) is 37.2 Å². The molecule has 6 nitrogen and oxygen atoms in total. The molecule has 138 valence electrons. The molecule has 0 unspecified atom stereocenters. The molecule has 3 rings (SSSR count). The van der Waals surface area contributed by atoms with Crippen LogP contribution in [0.2, 0.25) is 0 Å². The van der Waals surface area contributed by atoms with Gasteiger partial charge in [0.25, 0.3) is 5.91 Å². The quantitative estimate of drug-likeness (QED) is 0.434. The lowest BCUT2D eigenvalue weighted by molar-refractivity contribution is -0.127. The van der Waals surface area contributed by atoms with Crippen molar-refractivity contribution in [2.75, 3.05) is 14.1 Å². The Morgan fingerprint density at radius 3 is 2.52 bits per heavy atom. The number of fused-ring (bicyclic) bond motifs is 1. The fourth-order valence-electron chi connectivity index (χ4n) is 2.78. The zero-order valence-corrected chi connectivity index (χ0v) is 15.2. The second kappa shape index (κ2) is 7.37. The number of ether oxygens (including phenoxy) is 1. The van der Waals surface area contributed by atoms with Crippen molar-refractivity contribution in [2.24, 2.45) is 0 Å². The molecule has 1 heterocycles. The van der Waals surface area contributed by atoms with E-state index in [0.29, 0.717) is 11.8 Å². The largest absolute Gasteiger partial charge is 0.511 e. The highest BCUT2D eigenvalue weighted by molar-refractivity contribution is 5.95. The van der Waals surface area contributed by atoms with E-state index in [1.165, 1.54) is 17.0 Å². The molecule has 27 heavy (non-hydrogen) atoms. The number of hydrogen-bond acceptors (Lipinski definition) is 5. The fourth-order valence-corrected chi connectivity index (χ4v) is 2.78. The number of benzene rings is 2. The topological polar surface area (TPSA) is 80.0 Å². The molecular weight excluding hydrogens is 346 g/mol. The Balaban J connectivity index is 2.08. The van der Waals surface area contributed by atoms with Crippen LogP contribution in [0.15, 0.2) is 69.8 Å². The minimum absolute atomic E-state index is 0.239. The molecule has 0 saturated heterocycles. The lowest BCUT2D eigenvalue weighted by Crippen LogP contribution is -2.26. The monoisotopic (exact) mass is 365 g/mol. The van der Waals surface area contributed by atoms with E-state index < -0.39 is 11.5 Å². The Hall–Kier alpha value is -3.54. The molecule has 0 aliphatic carbocycles. The number of carbonyl (C=O) groups excluding carboxylic acids is 1. The zero-order valence-electron chi connectivity index (χ0n) is 15.2. The molecule has 6 heteroatoms. The van der Waals surface area contributed by atoms with Crippen molar-refractivity contribution in [3.63, 3.8) is 0 Å². The number of likely N-dealkylation sites (N-methyl/N-ethyl adjacent to an activating group) is 1. The summed E-state index contributed by atoms with van der Waals surface area (Å²) >= 11 is 0. The lowest BCUT2D eigenvalue weighted by atomic mass is 9.98. The van der Waals surface area contributed by atoms with Gasteiger partial charge in [0.2, 0.25) is 5.76 Å². The second-order valence-corrected chi connectivity index (χ2v) is 6.25. The first-order valence-electron chi connectivity index (χ1n) is 8.28. The van der Waals surface area contributed by atoms with Gasteiger partial charge in [-0.05, 0) is 30.2 Å². The molecule has 0 fully saturated rings. The van der Waals surface area contributed by atoms with Gasteiger partial charge in [0.15, 0.2) is 0 Å². The van der Waals surface area contributed by atoms with Crippen molar-refractivity contribution >= 4 is 16.9 Å². The second-order valence-electron chi connectivity index (χ2n) is 6.25. The summed E-state index contributed by atoms with van der Waals surface area (Å²) in [6, 6.07) is 14.1. The van der Waals surface area contributed by atoms with Gasteiger partial charge in [-0.3, -0.25) is 4.79 Å². The highest BCUT2D eigenvalue weighted by atomic mass is 16.5. The van der Waals surface area contributed by atoms with Crippen LogP contribution in [0, 0.1) is 6.92 Å².